The normalized spacial score (nSPS) is 14.3. The maximum absolute atomic E-state index is 12.2. The maximum atomic E-state index is 12.2. The molecule has 1 atom stereocenters. The van der Waals surface area contributed by atoms with E-state index in [1.807, 2.05) is 34.6 Å². The molecule has 0 aliphatic heterocycles. The molecule has 0 spiro atoms. The average Bonchev–Trinajstić information content (AvgIpc) is 2.66. The van der Waals surface area contributed by atoms with Gasteiger partial charge in [0.05, 0.1) is 17.3 Å². The molecule has 1 aromatic rings. The Kier molecular flexibility index (Phi) is 6.02. The predicted molar refractivity (Wildman–Crippen MR) is 79.9 cm³/mol. The molecule has 0 aliphatic carbocycles. The Bertz CT molecular complexity index is 440. The number of hydrogen-bond donors (Lipinski definition) is 1. The van der Waals surface area contributed by atoms with Gasteiger partial charge in [-0.25, -0.2) is 0 Å². The van der Waals surface area contributed by atoms with Crippen LogP contribution < -0.4 is 5.32 Å². The number of aromatic nitrogens is 2. The van der Waals surface area contributed by atoms with Crippen LogP contribution >= 0.6 is 11.6 Å². The molecular weight excluding hydrogens is 278 g/mol. The molecule has 0 bridgehead atoms. The number of rotatable bonds is 7. The molecule has 1 aromatic heterocycles. The van der Waals surface area contributed by atoms with Gasteiger partial charge < -0.3 is 4.74 Å². The molecule has 1 rings (SSSR count). The number of carbonyl (C=O) groups excluding carboxylic acids is 1. The van der Waals surface area contributed by atoms with Crippen molar-refractivity contribution >= 4 is 17.6 Å². The second kappa shape index (κ2) is 7.09. The summed E-state index contributed by atoms with van der Waals surface area (Å²) in [5.41, 5.74) is 0.0672. The first kappa shape index (κ1) is 17.0. The summed E-state index contributed by atoms with van der Waals surface area (Å²) < 4.78 is 6.93. The summed E-state index contributed by atoms with van der Waals surface area (Å²) >= 11 is 5.99. The number of aryl methyl sites for hydroxylation is 2. The van der Waals surface area contributed by atoms with E-state index in [9.17, 15) is 4.79 Å². The molecule has 1 unspecified atom stereocenters. The summed E-state index contributed by atoms with van der Waals surface area (Å²) in [6, 6.07) is 0.187. The highest BCUT2D eigenvalue weighted by Crippen LogP contribution is 2.17. The van der Waals surface area contributed by atoms with Crippen LogP contribution in [0.2, 0.25) is 5.02 Å². The van der Waals surface area contributed by atoms with E-state index in [4.69, 9.17) is 16.3 Å². The first-order chi connectivity index (χ1) is 9.28. The molecule has 0 saturated carbocycles. The van der Waals surface area contributed by atoms with Gasteiger partial charge in [-0.05, 0) is 41.0 Å². The van der Waals surface area contributed by atoms with E-state index < -0.39 is 5.54 Å². The van der Waals surface area contributed by atoms with Crippen LogP contribution in [0.25, 0.3) is 0 Å². The van der Waals surface area contributed by atoms with Crippen LogP contribution in [0, 0.1) is 6.92 Å². The van der Waals surface area contributed by atoms with Crippen molar-refractivity contribution in [2.45, 2.75) is 59.2 Å². The monoisotopic (exact) mass is 301 g/mol. The van der Waals surface area contributed by atoms with Crippen molar-refractivity contribution in [2.24, 2.45) is 0 Å². The Hall–Kier alpha value is -1.07. The van der Waals surface area contributed by atoms with Gasteiger partial charge in [-0.1, -0.05) is 11.6 Å². The van der Waals surface area contributed by atoms with Crippen LogP contribution in [0.1, 0.15) is 39.8 Å². The van der Waals surface area contributed by atoms with E-state index in [-0.39, 0.29) is 12.0 Å². The van der Waals surface area contributed by atoms with E-state index in [0.29, 0.717) is 24.6 Å². The molecule has 0 aliphatic rings. The second-order valence-corrected chi connectivity index (χ2v) is 5.83. The minimum absolute atomic E-state index is 0.187. The highest BCUT2D eigenvalue weighted by Gasteiger charge is 2.34. The Morgan fingerprint density at radius 3 is 2.70 bits per heavy atom. The lowest BCUT2D eigenvalue weighted by Gasteiger charge is -2.30. The van der Waals surface area contributed by atoms with Crippen molar-refractivity contribution in [2.75, 3.05) is 6.61 Å². The number of ether oxygens (including phenoxy) is 1. The van der Waals surface area contributed by atoms with Crippen molar-refractivity contribution in [1.29, 1.82) is 0 Å². The third kappa shape index (κ3) is 4.49. The van der Waals surface area contributed by atoms with Crippen molar-refractivity contribution in [3.05, 3.63) is 16.9 Å². The average molecular weight is 302 g/mol. The zero-order chi connectivity index (χ0) is 15.3. The topological polar surface area (TPSA) is 56.2 Å². The van der Waals surface area contributed by atoms with Crippen LogP contribution in [0.15, 0.2) is 6.20 Å². The third-order valence-corrected chi connectivity index (χ3v) is 3.43. The van der Waals surface area contributed by atoms with Gasteiger partial charge in [0, 0.05) is 18.8 Å². The van der Waals surface area contributed by atoms with Gasteiger partial charge in [-0.2, -0.15) is 5.10 Å². The van der Waals surface area contributed by atoms with E-state index in [1.165, 1.54) is 0 Å². The molecule has 1 N–H and O–H groups in total. The van der Waals surface area contributed by atoms with Gasteiger partial charge in [0.2, 0.25) is 0 Å². The van der Waals surface area contributed by atoms with Gasteiger partial charge in [0.25, 0.3) is 0 Å². The van der Waals surface area contributed by atoms with Crippen LogP contribution in [-0.2, 0) is 16.1 Å². The Morgan fingerprint density at radius 1 is 1.60 bits per heavy atom. The SMILES string of the molecule is CCOC(=O)C(C)(CCn1cc(Cl)c(C)n1)NC(C)C. The minimum atomic E-state index is -0.726. The Morgan fingerprint density at radius 2 is 2.25 bits per heavy atom. The van der Waals surface area contributed by atoms with Crippen LogP contribution in [-0.4, -0.2) is 33.9 Å². The Balaban J connectivity index is 2.76. The lowest BCUT2D eigenvalue weighted by molar-refractivity contribution is -0.151. The molecule has 1 heterocycles. The number of nitrogens with one attached hydrogen (secondary N) is 1. The summed E-state index contributed by atoms with van der Waals surface area (Å²) in [5, 5.41) is 8.22. The molecule has 0 saturated heterocycles. The smallest absolute Gasteiger partial charge is 0.326 e. The first-order valence-corrected chi connectivity index (χ1v) is 7.30. The molecule has 20 heavy (non-hydrogen) atoms. The lowest BCUT2D eigenvalue weighted by Crippen LogP contribution is -2.53. The number of carbonyl (C=O) groups is 1. The predicted octanol–water partition coefficient (Wildman–Crippen LogP) is 2.55. The lowest BCUT2D eigenvalue weighted by atomic mass is 9.96. The summed E-state index contributed by atoms with van der Waals surface area (Å²) in [4.78, 5) is 12.2. The number of nitrogens with zero attached hydrogens (tertiary/aromatic N) is 2. The fraction of sp³-hybridized carbons (Fsp3) is 0.714. The van der Waals surface area contributed by atoms with E-state index in [2.05, 4.69) is 10.4 Å². The van der Waals surface area contributed by atoms with Crippen LogP contribution in [0.4, 0.5) is 0 Å². The fourth-order valence-corrected chi connectivity index (χ4v) is 2.26. The van der Waals surface area contributed by atoms with E-state index >= 15 is 0 Å². The summed E-state index contributed by atoms with van der Waals surface area (Å²) in [6.45, 7) is 10.5. The van der Waals surface area contributed by atoms with Gasteiger partial charge >= 0.3 is 5.97 Å². The number of hydrogen-bond acceptors (Lipinski definition) is 4. The standard InChI is InChI=1S/C14H24ClN3O2/c1-6-20-13(19)14(5,16-10(2)3)7-8-18-9-12(15)11(4)17-18/h9-10,16H,6-8H2,1-5H3. The van der Waals surface area contributed by atoms with Crippen LogP contribution in [0.3, 0.4) is 0 Å². The number of halogens is 1. The number of esters is 1. The van der Waals surface area contributed by atoms with Gasteiger partial charge in [0.15, 0.2) is 0 Å². The zero-order valence-electron chi connectivity index (χ0n) is 12.9. The molecule has 5 nitrogen and oxygen atoms in total. The van der Waals surface area contributed by atoms with E-state index in [1.54, 1.807) is 10.9 Å². The summed E-state index contributed by atoms with van der Waals surface area (Å²) in [7, 11) is 0. The third-order valence-electron chi connectivity index (χ3n) is 3.06. The highest BCUT2D eigenvalue weighted by atomic mass is 35.5. The van der Waals surface area contributed by atoms with Crippen molar-refractivity contribution in [1.82, 2.24) is 15.1 Å². The molecule has 0 aromatic carbocycles. The van der Waals surface area contributed by atoms with Crippen molar-refractivity contribution in [3.63, 3.8) is 0 Å². The van der Waals surface area contributed by atoms with Crippen molar-refractivity contribution in [3.8, 4) is 0 Å². The molecule has 0 radical (unpaired) electrons. The summed E-state index contributed by atoms with van der Waals surface area (Å²) in [5.74, 6) is -0.233. The van der Waals surface area contributed by atoms with Gasteiger partial charge in [-0.15, -0.1) is 0 Å². The molecule has 0 amide bonds. The largest absolute Gasteiger partial charge is 0.465 e. The highest BCUT2D eigenvalue weighted by molar-refractivity contribution is 6.31. The summed E-state index contributed by atoms with van der Waals surface area (Å²) in [6.07, 6.45) is 2.36. The first-order valence-electron chi connectivity index (χ1n) is 6.93. The van der Waals surface area contributed by atoms with Crippen molar-refractivity contribution < 1.29 is 9.53 Å². The minimum Gasteiger partial charge on any atom is -0.465 e. The second-order valence-electron chi connectivity index (χ2n) is 5.43. The quantitative estimate of drug-likeness (QED) is 0.786. The molecular formula is C14H24ClN3O2. The molecule has 6 heteroatoms. The fourth-order valence-electron chi connectivity index (χ4n) is 2.11. The Labute approximate surface area is 125 Å². The van der Waals surface area contributed by atoms with Crippen LogP contribution in [0.5, 0.6) is 0 Å². The zero-order valence-corrected chi connectivity index (χ0v) is 13.6. The van der Waals surface area contributed by atoms with Gasteiger partial charge in [0.1, 0.15) is 5.54 Å². The molecule has 114 valence electrons. The van der Waals surface area contributed by atoms with E-state index in [0.717, 1.165) is 5.69 Å². The maximum Gasteiger partial charge on any atom is 0.326 e. The molecule has 0 fully saturated rings. The van der Waals surface area contributed by atoms with Gasteiger partial charge in [-0.3, -0.25) is 14.8 Å².